The third-order valence-electron chi connectivity index (χ3n) is 1.93. The molecule has 0 amide bonds. The standard InChI is InChI=1S/C12H13NO/c1-10(6-7-13)8-11-4-3-5-12(9-11)14-2/h3-6,9H,8H2,1-2H3. The highest BCUT2D eigenvalue weighted by molar-refractivity contribution is 5.31. The number of rotatable bonds is 3. The highest BCUT2D eigenvalue weighted by Crippen LogP contribution is 2.15. The molecule has 0 unspecified atom stereocenters. The molecule has 0 aromatic heterocycles. The summed E-state index contributed by atoms with van der Waals surface area (Å²) in [7, 11) is 1.65. The maximum absolute atomic E-state index is 8.46. The van der Waals surface area contributed by atoms with Crippen molar-refractivity contribution in [3.05, 3.63) is 41.5 Å². The number of nitriles is 1. The molecule has 1 rings (SSSR count). The molecule has 0 N–H and O–H groups in total. The zero-order valence-corrected chi connectivity index (χ0v) is 8.45. The van der Waals surface area contributed by atoms with Crippen LogP contribution in [-0.2, 0) is 6.42 Å². The van der Waals surface area contributed by atoms with Gasteiger partial charge in [0.1, 0.15) is 5.75 Å². The Bertz CT molecular complexity index is 374. The van der Waals surface area contributed by atoms with E-state index >= 15 is 0 Å². The minimum atomic E-state index is 0.796. The van der Waals surface area contributed by atoms with Gasteiger partial charge in [-0.1, -0.05) is 17.7 Å². The average Bonchev–Trinajstić information content (AvgIpc) is 2.18. The third kappa shape index (κ3) is 2.95. The van der Waals surface area contributed by atoms with E-state index in [2.05, 4.69) is 0 Å². The van der Waals surface area contributed by atoms with Crippen molar-refractivity contribution in [1.82, 2.24) is 0 Å². The van der Waals surface area contributed by atoms with Crippen molar-refractivity contribution < 1.29 is 4.74 Å². The van der Waals surface area contributed by atoms with Crippen molar-refractivity contribution in [3.8, 4) is 11.8 Å². The van der Waals surface area contributed by atoms with Crippen molar-refractivity contribution in [2.24, 2.45) is 0 Å². The van der Waals surface area contributed by atoms with E-state index in [9.17, 15) is 0 Å². The summed E-state index contributed by atoms with van der Waals surface area (Å²) in [6.45, 7) is 1.95. The molecule has 0 bridgehead atoms. The molecule has 0 aliphatic heterocycles. The molecule has 0 saturated carbocycles. The highest BCUT2D eigenvalue weighted by Gasteiger charge is 1.96. The van der Waals surface area contributed by atoms with E-state index in [0.717, 1.165) is 23.3 Å². The minimum Gasteiger partial charge on any atom is -0.497 e. The summed E-state index contributed by atoms with van der Waals surface area (Å²) in [5, 5.41) is 8.46. The molecule has 2 nitrogen and oxygen atoms in total. The lowest BCUT2D eigenvalue weighted by Gasteiger charge is -2.03. The van der Waals surface area contributed by atoms with Gasteiger partial charge in [0.25, 0.3) is 0 Å². The summed E-state index contributed by atoms with van der Waals surface area (Å²) < 4.78 is 5.11. The van der Waals surface area contributed by atoms with E-state index < -0.39 is 0 Å². The molecule has 14 heavy (non-hydrogen) atoms. The molecule has 1 aromatic carbocycles. The van der Waals surface area contributed by atoms with Gasteiger partial charge in [0.05, 0.1) is 13.2 Å². The SMILES string of the molecule is COc1cccc(CC(C)=CC#N)c1. The maximum atomic E-state index is 8.46. The monoisotopic (exact) mass is 187 g/mol. The fourth-order valence-electron chi connectivity index (χ4n) is 1.27. The van der Waals surface area contributed by atoms with E-state index in [1.807, 2.05) is 37.3 Å². The van der Waals surface area contributed by atoms with Crippen molar-refractivity contribution in [3.63, 3.8) is 0 Å². The molecule has 0 heterocycles. The Hall–Kier alpha value is -1.75. The van der Waals surface area contributed by atoms with Crippen LogP contribution >= 0.6 is 0 Å². The topological polar surface area (TPSA) is 33.0 Å². The summed E-state index contributed by atoms with van der Waals surface area (Å²) in [4.78, 5) is 0. The summed E-state index contributed by atoms with van der Waals surface area (Å²) in [6.07, 6.45) is 2.37. The number of methoxy groups -OCH3 is 1. The molecular weight excluding hydrogens is 174 g/mol. The van der Waals surface area contributed by atoms with Gasteiger partial charge in [-0.15, -0.1) is 0 Å². The van der Waals surface area contributed by atoms with E-state index in [-0.39, 0.29) is 0 Å². The molecule has 0 radical (unpaired) electrons. The van der Waals surface area contributed by atoms with Gasteiger partial charge in [-0.05, 0) is 31.0 Å². The number of hydrogen-bond acceptors (Lipinski definition) is 2. The maximum Gasteiger partial charge on any atom is 0.119 e. The predicted octanol–water partition coefficient (Wildman–Crippen LogP) is 2.71. The van der Waals surface area contributed by atoms with Gasteiger partial charge >= 0.3 is 0 Å². The third-order valence-corrected chi connectivity index (χ3v) is 1.93. The van der Waals surface area contributed by atoms with Crippen LogP contribution < -0.4 is 4.74 Å². The lowest BCUT2D eigenvalue weighted by Crippen LogP contribution is -1.88. The Balaban J connectivity index is 2.78. The summed E-state index contributed by atoms with van der Waals surface area (Å²) >= 11 is 0. The van der Waals surface area contributed by atoms with Crippen LogP contribution in [0.4, 0.5) is 0 Å². The van der Waals surface area contributed by atoms with E-state index in [1.165, 1.54) is 0 Å². The molecule has 0 aliphatic rings. The Morgan fingerprint density at radius 1 is 1.57 bits per heavy atom. The Morgan fingerprint density at radius 2 is 2.36 bits per heavy atom. The Morgan fingerprint density at radius 3 is 3.00 bits per heavy atom. The van der Waals surface area contributed by atoms with Gasteiger partial charge < -0.3 is 4.74 Å². The van der Waals surface area contributed by atoms with Crippen LogP contribution in [0.25, 0.3) is 0 Å². The van der Waals surface area contributed by atoms with Crippen molar-refractivity contribution in [2.45, 2.75) is 13.3 Å². The minimum absolute atomic E-state index is 0.796. The largest absolute Gasteiger partial charge is 0.497 e. The van der Waals surface area contributed by atoms with Crippen molar-refractivity contribution in [1.29, 1.82) is 5.26 Å². The number of nitrogens with zero attached hydrogens (tertiary/aromatic N) is 1. The smallest absolute Gasteiger partial charge is 0.119 e. The number of hydrogen-bond donors (Lipinski definition) is 0. The Kier molecular flexibility index (Phi) is 3.75. The van der Waals surface area contributed by atoms with Crippen LogP contribution in [0.1, 0.15) is 12.5 Å². The van der Waals surface area contributed by atoms with Crippen LogP contribution in [0.3, 0.4) is 0 Å². The first-order valence-corrected chi connectivity index (χ1v) is 4.44. The van der Waals surface area contributed by atoms with Crippen LogP contribution in [0.15, 0.2) is 35.9 Å². The zero-order valence-electron chi connectivity index (χ0n) is 8.45. The molecule has 0 fully saturated rings. The Labute approximate surface area is 84.4 Å². The molecule has 0 atom stereocenters. The van der Waals surface area contributed by atoms with Crippen LogP contribution in [0.5, 0.6) is 5.75 Å². The summed E-state index contributed by atoms with van der Waals surface area (Å²) in [6, 6.07) is 9.89. The van der Waals surface area contributed by atoms with Crippen molar-refractivity contribution in [2.75, 3.05) is 7.11 Å². The molecular formula is C12H13NO. The number of ether oxygens (including phenoxy) is 1. The second kappa shape index (κ2) is 5.08. The average molecular weight is 187 g/mol. The van der Waals surface area contributed by atoms with Crippen LogP contribution in [0.2, 0.25) is 0 Å². The molecule has 0 aliphatic carbocycles. The summed E-state index contributed by atoms with van der Waals surface area (Å²) in [5.74, 6) is 0.854. The molecule has 0 spiro atoms. The van der Waals surface area contributed by atoms with Crippen LogP contribution in [0, 0.1) is 11.3 Å². The van der Waals surface area contributed by atoms with Gasteiger partial charge in [0.15, 0.2) is 0 Å². The highest BCUT2D eigenvalue weighted by atomic mass is 16.5. The molecule has 2 heteroatoms. The molecule has 72 valence electrons. The lowest BCUT2D eigenvalue weighted by molar-refractivity contribution is 0.414. The normalized spacial score (nSPS) is 10.8. The number of benzene rings is 1. The fourth-order valence-corrected chi connectivity index (χ4v) is 1.27. The second-order valence-corrected chi connectivity index (χ2v) is 3.15. The van der Waals surface area contributed by atoms with Gasteiger partial charge in [0.2, 0.25) is 0 Å². The van der Waals surface area contributed by atoms with E-state index in [4.69, 9.17) is 10.00 Å². The first-order valence-electron chi connectivity index (χ1n) is 4.44. The lowest BCUT2D eigenvalue weighted by atomic mass is 10.1. The van der Waals surface area contributed by atoms with E-state index in [0.29, 0.717) is 0 Å². The second-order valence-electron chi connectivity index (χ2n) is 3.15. The van der Waals surface area contributed by atoms with E-state index in [1.54, 1.807) is 13.2 Å². The first kappa shape index (κ1) is 10.3. The molecule has 0 saturated heterocycles. The van der Waals surface area contributed by atoms with Gasteiger partial charge in [-0.25, -0.2) is 0 Å². The fraction of sp³-hybridized carbons (Fsp3) is 0.250. The van der Waals surface area contributed by atoms with Crippen LogP contribution in [-0.4, -0.2) is 7.11 Å². The number of allylic oxidation sites excluding steroid dienone is 2. The molecule has 1 aromatic rings. The summed E-state index contributed by atoms with van der Waals surface area (Å²) in [5.41, 5.74) is 2.22. The van der Waals surface area contributed by atoms with Gasteiger partial charge in [0, 0.05) is 6.08 Å². The quantitative estimate of drug-likeness (QED) is 0.681. The van der Waals surface area contributed by atoms with Gasteiger partial charge in [-0.2, -0.15) is 5.26 Å². The van der Waals surface area contributed by atoms with Gasteiger partial charge in [-0.3, -0.25) is 0 Å². The first-order chi connectivity index (χ1) is 6.76. The predicted molar refractivity (Wildman–Crippen MR) is 56.1 cm³/mol. The van der Waals surface area contributed by atoms with Crippen molar-refractivity contribution >= 4 is 0 Å². The zero-order chi connectivity index (χ0) is 10.4.